The van der Waals surface area contributed by atoms with Gasteiger partial charge in [0.15, 0.2) is 5.78 Å². The van der Waals surface area contributed by atoms with Gasteiger partial charge in [-0.15, -0.1) is 0 Å². The summed E-state index contributed by atoms with van der Waals surface area (Å²) in [5.74, 6) is -1.57. The average molecular weight is 537 g/mol. The fourth-order valence-corrected chi connectivity index (χ4v) is 4.86. The summed E-state index contributed by atoms with van der Waals surface area (Å²) >= 11 is 0. The molecule has 0 spiro atoms. The standard InChI is InChI=1S/C25H20F4N2O5S/c1-14(31-37(34,35)24-12-16-11-18(26)4-7-23(16)36-24)21(32)6-2-15-8-9-30-20(10-15)19-5-3-17(13-22(19)33)25(27,28)29/h3-5,7-14,31,33H,2,6H2,1H3/t14-/m0/s1. The van der Waals surface area contributed by atoms with Crippen molar-refractivity contribution in [2.45, 2.75) is 37.1 Å². The Labute approximate surface area is 208 Å². The predicted octanol–water partition coefficient (Wildman–Crippen LogP) is 5.23. The van der Waals surface area contributed by atoms with E-state index in [-0.39, 0.29) is 35.1 Å². The molecule has 0 saturated carbocycles. The molecule has 4 rings (SSSR count). The predicted molar refractivity (Wildman–Crippen MR) is 126 cm³/mol. The number of halogens is 4. The monoisotopic (exact) mass is 536 g/mol. The van der Waals surface area contributed by atoms with Gasteiger partial charge in [-0.2, -0.15) is 17.9 Å². The lowest BCUT2D eigenvalue weighted by molar-refractivity contribution is -0.137. The molecule has 2 heterocycles. The number of phenolic OH excluding ortho intramolecular Hbond substituents is 1. The number of ketones is 1. The van der Waals surface area contributed by atoms with Crippen molar-refractivity contribution in [2.75, 3.05) is 0 Å². The molecule has 1 atom stereocenters. The number of furan rings is 1. The number of pyridine rings is 1. The fourth-order valence-electron chi connectivity index (χ4n) is 3.66. The van der Waals surface area contributed by atoms with Gasteiger partial charge in [0.2, 0.25) is 5.09 Å². The third-order valence-electron chi connectivity index (χ3n) is 5.62. The highest BCUT2D eigenvalue weighted by Gasteiger charge is 2.31. The second-order valence-corrected chi connectivity index (χ2v) is 9.98. The van der Waals surface area contributed by atoms with E-state index in [1.54, 1.807) is 6.07 Å². The zero-order chi connectivity index (χ0) is 27.0. The third kappa shape index (κ3) is 5.97. The number of hydrogen-bond acceptors (Lipinski definition) is 6. The number of alkyl halides is 3. The van der Waals surface area contributed by atoms with Gasteiger partial charge in [-0.05, 0) is 67.4 Å². The topological polar surface area (TPSA) is 110 Å². The number of nitrogens with one attached hydrogen (secondary N) is 1. The zero-order valence-electron chi connectivity index (χ0n) is 19.2. The van der Waals surface area contributed by atoms with Crippen molar-refractivity contribution in [1.29, 1.82) is 0 Å². The number of sulfonamides is 1. The number of phenols is 1. The molecular weight excluding hydrogens is 516 g/mol. The number of carbonyl (C=O) groups is 1. The van der Waals surface area contributed by atoms with Gasteiger partial charge in [-0.3, -0.25) is 9.78 Å². The molecule has 0 saturated heterocycles. The van der Waals surface area contributed by atoms with Gasteiger partial charge < -0.3 is 9.52 Å². The third-order valence-corrected chi connectivity index (χ3v) is 7.02. The minimum atomic E-state index is -4.60. The van der Waals surface area contributed by atoms with Gasteiger partial charge in [-0.1, -0.05) is 0 Å². The van der Waals surface area contributed by atoms with E-state index >= 15 is 0 Å². The first-order valence-corrected chi connectivity index (χ1v) is 12.4. The maximum Gasteiger partial charge on any atom is 0.416 e. The van der Waals surface area contributed by atoms with E-state index in [4.69, 9.17) is 4.42 Å². The molecule has 0 bridgehead atoms. The molecule has 37 heavy (non-hydrogen) atoms. The molecule has 0 fully saturated rings. The molecule has 194 valence electrons. The van der Waals surface area contributed by atoms with Crippen LogP contribution in [-0.4, -0.2) is 30.3 Å². The maximum absolute atomic E-state index is 13.4. The van der Waals surface area contributed by atoms with E-state index in [0.29, 0.717) is 11.6 Å². The Bertz CT molecular complexity index is 1580. The minimum absolute atomic E-state index is 0.0581. The number of Topliss-reactive ketones (excluding diaryl/α,β-unsaturated/α-hetero) is 1. The number of carbonyl (C=O) groups excluding carboxylic acids is 1. The van der Waals surface area contributed by atoms with Crippen LogP contribution in [0.4, 0.5) is 17.6 Å². The van der Waals surface area contributed by atoms with Crippen LogP contribution >= 0.6 is 0 Å². The van der Waals surface area contributed by atoms with Crippen molar-refractivity contribution in [3.63, 3.8) is 0 Å². The second kappa shape index (κ2) is 9.94. The Morgan fingerprint density at radius 3 is 2.57 bits per heavy atom. The summed E-state index contributed by atoms with van der Waals surface area (Å²) in [4.78, 5) is 16.7. The number of fused-ring (bicyclic) bond motifs is 1. The molecule has 0 unspecified atom stereocenters. The van der Waals surface area contributed by atoms with Gasteiger partial charge in [0.1, 0.15) is 17.1 Å². The van der Waals surface area contributed by atoms with Crippen LogP contribution in [-0.2, 0) is 27.4 Å². The summed E-state index contributed by atoms with van der Waals surface area (Å²) in [5, 5.41) is 9.87. The lowest BCUT2D eigenvalue weighted by Gasteiger charge is -2.13. The molecule has 0 aliphatic heterocycles. The zero-order valence-corrected chi connectivity index (χ0v) is 20.0. The highest BCUT2D eigenvalue weighted by Crippen LogP contribution is 2.36. The Hall–Kier alpha value is -3.77. The Kier molecular flexibility index (Phi) is 7.07. The average Bonchev–Trinajstić information content (AvgIpc) is 3.26. The molecule has 0 amide bonds. The van der Waals surface area contributed by atoms with E-state index in [2.05, 4.69) is 9.71 Å². The smallest absolute Gasteiger partial charge is 0.416 e. The fraction of sp³-hybridized carbons (Fsp3) is 0.200. The van der Waals surface area contributed by atoms with Gasteiger partial charge >= 0.3 is 6.18 Å². The van der Waals surface area contributed by atoms with Crippen LogP contribution < -0.4 is 4.72 Å². The largest absolute Gasteiger partial charge is 0.507 e. The van der Waals surface area contributed by atoms with Crippen LogP contribution in [0.5, 0.6) is 5.75 Å². The molecule has 12 heteroatoms. The van der Waals surface area contributed by atoms with Crippen molar-refractivity contribution >= 4 is 26.8 Å². The van der Waals surface area contributed by atoms with Crippen molar-refractivity contribution in [1.82, 2.24) is 9.71 Å². The Morgan fingerprint density at radius 2 is 1.86 bits per heavy atom. The van der Waals surface area contributed by atoms with E-state index in [9.17, 15) is 35.9 Å². The first kappa shape index (κ1) is 26.3. The van der Waals surface area contributed by atoms with Crippen molar-refractivity contribution in [3.05, 3.63) is 77.7 Å². The molecule has 4 aromatic rings. The molecule has 2 aromatic heterocycles. The number of hydrogen-bond donors (Lipinski definition) is 2. The molecule has 0 aliphatic rings. The minimum Gasteiger partial charge on any atom is -0.507 e. The van der Waals surface area contributed by atoms with E-state index in [1.165, 1.54) is 25.3 Å². The number of rotatable bonds is 8. The van der Waals surface area contributed by atoms with Crippen LogP contribution in [0.1, 0.15) is 24.5 Å². The first-order chi connectivity index (χ1) is 17.3. The highest BCUT2D eigenvalue weighted by atomic mass is 32.2. The van der Waals surface area contributed by atoms with E-state index < -0.39 is 50.2 Å². The van der Waals surface area contributed by atoms with Crippen LogP contribution in [0.3, 0.4) is 0 Å². The molecule has 0 radical (unpaired) electrons. The van der Waals surface area contributed by atoms with E-state index in [0.717, 1.165) is 30.3 Å². The van der Waals surface area contributed by atoms with Crippen molar-refractivity contribution in [3.8, 4) is 17.0 Å². The summed E-state index contributed by atoms with van der Waals surface area (Å²) in [6.45, 7) is 1.38. The number of aryl methyl sites for hydroxylation is 1. The number of aromatic hydroxyl groups is 1. The van der Waals surface area contributed by atoms with Crippen molar-refractivity contribution in [2.24, 2.45) is 0 Å². The molecule has 7 nitrogen and oxygen atoms in total. The van der Waals surface area contributed by atoms with Crippen LogP contribution in [0.2, 0.25) is 0 Å². The van der Waals surface area contributed by atoms with Gasteiger partial charge in [0.25, 0.3) is 10.0 Å². The first-order valence-electron chi connectivity index (χ1n) is 10.9. The van der Waals surface area contributed by atoms with Gasteiger partial charge in [0.05, 0.1) is 17.3 Å². The Morgan fingerprint density at radius 1 is 1.11 bits per heavy atom. The number of aromatic nitrogens is 1. The normalized spacial score (nSPS) is 13.1. The summed E-state index contributed by atoms with van der Waals surface area (Å²) in [7, 11) is -4.20. The van der Waals surface area contributed by atoms with Crippen LogP contribution in [0.15, 0.2) is 70.3 Å². The summed E-state index contributed by atoms with van der Waals surface area (Å²) < 4.78 is 84.7. The lowest BCUT2D eigenvalue weighted by Crippen LogP contribution is -2.38. The SMILES string of the molecule is C[C@H](NS(=O)(=O)c1cc2cc(F)ccc2o1)C(=O)CCc1ccnc(-c2ccc(C(F)(F)F)cc2O)c1. The molecular formula is C25H20F4N2O5S. The van der Waals surface area contributed by atoms with Gasteiger partial charge in [-0.25, -0.2) is 12.8 Å². The maximum atomic E-state index is 13.4. The van der Waals surface area contributed by atoms with Crippen LogP contribution in [0.25, 0.3) is 22.2 Å². The summed E-state index contributed by atoms with van der Waals surface area (Å²) in [6.07, 6.45) is -3.09. The van der Waals surface area contributed by atoms with Crippen molar-refractivity contribution < 1.29 is 40.3 Å². The molecule has 2 aromatic carbocycles. The number of benzene rings is 2. The quantitative estimate of drug-likeness (QED) is 0.299. The van der Waals surface area contributed by atoms with Crippen LogP contribution in [0, 0.1) is 5.82 Å². The second-order valence-electron chi connectivity index (χ2n) is 8.34. The number of nitrogens with zero attached hydrogens (tertiary/aromatic N) is 1. The van der Waals surface area contributed by atoms with Gasteiger partial charge in [0, 0.05) is 29.6 Å². The molecule has 0 aliphatic carbocycles. The Balaban J connectivity index is 1.42. The summed E-state index contributed by atoms with van der Waals surface area (Å²) in [6, 6.07) is 9.29. The summed E-state index contributed by atoms with van der Waals surface area (Å²) in [5.41, 5.74) is 0.0846. The van der Waals surface area contributed by atoms with E-state index in [1.807, 2.05) is 0 Å². The highest BCUT2D eigenvalue weighted by molar-refractivity contribution is 7.89. The molecule has 2 N–H and O–H groups in total. The lowest BCUT2D eigenvalue weighted by atomic mass is 10.0.